The maximum atomic E-state index is 5.85. The van der Waals surface area contributed by atoms with Gasteiger partial charge in [0.15, 0.2) is 0 Å². The zero-order valence-corrected chi connectivity index (χ0v) is 9.23. The summed E-state index contributed by atoms with van der Waals surface area (Å²) in [6.07, 6.45) is 4.12. The Morgan fingerprint density at radius 2 is 2.06 bits per heavy atom. The molecule has 3 rings (SSSR count). The third-order valence-electron chi connectivity index (χ3n) is 3.35. The van der Waals surface area contributed by atoms with Crippen molar-refractivity contribution in [3.8, 4) is 0 Å². The summed E-state index contributed by atoms with van der Waals surface area (Å²) in [5.41, 5.74) is 1.04. The number of hydrogen-bond acceptors (Lipinski definition) is 3. The Hall–Kier alpha value is -1.51. The minimum absolute atomic E-state index is 0.392. The molecule has 3 nitrogen and oxygen atoms in total. The van der Waals surface area contributed by atoms with Gasteiger partial charge in [0.25, 0.3) is 6.02 Å². The molecule has 1 saturated carbocycles. The molecule has 2 atom stereocenters. The van der Waals surface area contributed by atoms with Crippen molar-refractivity contribution >= 4 is 11.7 Å². The lowest BCUT2D eigenvalue weighted by atomic mass is 10.1. The van der Waals surface area contributed by atoms with Crippen LogP contribution < -0.4 is 5.32 Å². The van der Waals surface area contributed by atoms with Gasteiger partial charge in [-0.1, -0.05) is 18.2 Å². The topological polar surface area (TPSA) is 33.6 Å². The highest BCUT2D eigenvalue weighted by Gasteiger charge is 2.32. The first-order chi connectivity index (χ1) is 7.92. The minimum Gasteiger partial charge on any atom is -0.461 e. The standard InChI is InChI=1S/C13H16N2O/c1-2-6-11(7-3-1)15-13-14-9-10-5-4-8-12(10)16-13/h1-3,6-7,10,12H,4-5,8-9H2,(H,14,15). The van der Waals surface area contributed by atoms with E-state index in [9.17, 15) is 0 Å². The molecule has 3 heteroatoms. The molecule has 84 valence electrons. The molecule has 1 aromatic carbocycles. The Bertz CT molecular complexity index is 388. The van der Waals surface area contributed by atoms with Gasteiger partial charge in [-0.05, 0) is 31.4 Å². The molecule has 0 radical (unpaired) electrons. The second-order valence-electron chi connectivity index (χ2n) is 4.48. The number of anilines is 1. The largest absolute Gasteiger partial charge is 0.461 e. The zero-order valence-electron chi connectivity index (χ0n) is 9.23. The molecule has 0 amide bonds. The van der Waals surface area contributed by atoms with Gasteiger partial charge in [0, 0.05) is 11.6 Å². The highest BCUT2D eigenvalue weighted by molar-refractivity contribution is 5.89. The average Bonchev–Trinajstić information content (AvgIpc) is 2.77. The molecule has 1 aromatic rings. The number of fused-ring (bicyclic) bond motifs is 1. The molecule has 2 aliphatic rings. The van der Waals surface area contributed by atoms with Gasteiger partial charge < -0.3 is 10.1 Å². The van der Waals surface area contributed by atoms with Crippen LogP contribution in [0.25, 0.3) is 0 Å². The van der Waals surface area contributed by atoms with Crippen LogP contribution in [0.1, 0.15) is 19.3 Å². The molecule has 2 unspecified atom stereocenters. The smallest absolute Gasteiger partial charge is 0.289 e. The first kappa shape index (κ1) is 9.70. The number of ether oxygens (including phenoxy) is 1. The molecule has 0 aromatic heterocycles. The second kappa shape index (κ2) is 4.16. The number of para-hydroxylation sites is 1. The first-order valence-electron chi connectivity index (χ1n) is 5.95. The van der Waals surface area contributed by atoms with E-state index in [4.69, 9.17) is 4.74 Å². The van der Waals surface area contributed by atoms with E-state index < -0.39 is 0 Å². The Labute approximate surface area is 95.5 Å². The maximum absolute atomic E-state index is 5.85. The number of nitrogens with one attached hydrogen (secondary N) is 1. The molecule has 0 spiro atoms. The predicted molar refractivity (Wildman–Crippen MR) is 64.6 cm³/mol. The van der Waals surface area contributed by atoms with Crippen molar-refractivity contribution in [3.05, 3.63) is 30.3 Å². The molecule has 1 aliphatic carbocycles. The minimum atomic E-state index is 0.392. The summed E-state index contributed by atoms with van der Waals surface area (Å²) >= 11 is 0. The Morgan fingerprint density at radius 3 is 2.94 bits per heavy atom. The van der Waals surface area contributed by atoms with Gasteiger partial charge in [-0.25, -0.2) is 4.99 Å². The SMILES string of the molecule is c1ccc(NC2=NCC3CCCC3O2)cc1. The van der Waals surface area contributed by atoms with Crippen molar-refractivity contribution < 1.29 is 4.74 Å². The number of rotatable bonds is 1. The van der Waals surface area contributed by atoms with E-state index in [0.717, 1.165) is 12.2 Å². The van der Waals surface area contributed by atoms with E-state index >= 15 is 0 Å². The number of amidine groups is 1. The molecule has 16 heavy (non-hydrogen) atoms. The van der Waals surface area contributed by atoms with Gasteiger partial charge in [-0.3, -0.25) is 0 Å². The van der Waals surface area contributed by atoms with E-state index in [2.05, 4.69) is 10.3 Å². The van der Waals surface area contributed by atoms with Gasteiger partial charge in [0.1, 0.15) is 6.10 Å². The molecule has 0 saturated heterocycles. The van der Waals surface area contributed by atoms with Crippen molar-refractivity contribution in [1.82, 2.24) is 0 Å². The third kappa shape index (κ3) is 1.90. The Kier molecular flexibility index (Phi) is 2.52. The summed E-state index contributed by atoms with van der Waals surface area (Å²) in [4.78, 5) is 4.45. The van der Waals surface area contributed by atoms with Crippen LogP contribution in [0.5, 0.6) is 0 Å². The van der Waals surface area contributed by atoms with Gasteiger partial charge in [0.05, 0.1) is 6.54 Å². The van der Waals surface area contributed by atoms with Crippen molar-refractivity contribution in [2.45, 2.75) is 25.4 Å². The maximum Gasteiger partial charge on any atom is 0.289 e. The van der Waals surface area contributed by atoms with E-state index in [0.29, 0.717) is 18.0 Å². The predicted octanol–water partition coefficient (Wildman–Crippen LogP) is 2.65. The molecule has 1 fully saturated rings. The third-order valence-corrected chi connectivity index (χ3v) is 3.35. The van der Waals surface area contributed by atoms with E-state index in [-0.39, 0.29) is 0 Å². The monoisotopic (exact) mass is 216 g/mol. The fourth-order valence-electron chi connectivity index (χ4n) is 2.46. The van der Waals surface area contributed by atoms with E-state index in [1.165, 1.54) is 19.3 Å². The summed E-state index contributed by atoms with van der Waals surface area (Å²) in [6.45, 7) is 0.917. The van der Waals surface area contributed by atoms with Crippen molar-refractivity contribution in [2.24, 2.45) is 10.9 Å². The van der Waals surface area contributed by atoms with Gasteiger partial charge in [0.2, 0.25) is 0 Å². The summed E-state index contributed by atoms with van der Waals surface area (Å²) in [5.74, 6) is 0.654. The number of hydrogen-bond donors (Lipinski definition) is 1. The van der Waals surface area contributed by atoms with Crippen LogP contribution in [-0.2, 0) is 4.74 Å². The van der Waals surface area contributed by atoms with Crippen molar-refractivity contribution in [2.75, 3.05) is 11.9 Å². The Morgan fingerprint density at radius 1 is 1.19 bits per heavy atom. The summed E-state index contributed by atoms with van der Waals surface area (Å²) < 4.78 is 5.85. The molecule has 1 aliphatic heterocycles. The number of aliphatic imine (C=N–C) groups is 1. The molecule has 1 N–H and O–H groups in total. The van der Waals surface area contributed by atoms with E-state index in [1.807, 2.05) is 30.3 Å². The van der Waals surface area contributed by atoms with Crippen LogP contribution in [0.15, 0.2) is 35.3 Å². The van der Waals surface area contributed by atoms with Crippen LogP contribution in [0.3, 0.4) is 0 Å². The van der Waals surface area contributed by atoms with Crippen LogP contribution in [-0.4, -0.2) is 18.7 Å². The summed E-state index contributed by atoms with van der Waals surface area (Å²) in [7, 11) is 0. The quantitative estimate of drug-likeness (QED) is 0.783. The lowest BCUT2D eigenvalue weighted by Crippen LogP contribution is -2.33. The zero-order chi connectivity index (χ0) is 10.8. The molecular weight excluding hydrogens is 200 g/mol. The molecule has 1 heterocycles. The van der Waals surface area contributed by atoms with Crippen LogP contribution >= 0.6 is 0 Å². The first-order valence-corrected chi connectivity index (χ1v) is 5.95. The van der Waals surface area contributed by atoms with Crippen molar-refractivity contribution in [3.63, 3.8) is 0 Å². The van der Waals surface area contributed by atoms with Crippen LogP contribution in [0.4, 0.5) is 5.69 Å². The lowest BCUT2D eigenvalue weighted by Gasteiger charge is -2.26. The fourth-order valence-corrected chi connectivity index (χ4v) is 2.46. The van der Waals surface area contributed by atoms with Crippen molar-refractivity contribution in [1.29, 1.82) is 0 Å². The highest BCUT2D eigenvalue weighted by atomic mass is 16.5. The molecule has 0 bridgehead atoms. The number of benzene rings is 1. The fraction of sp³-hybridized carbons (Fsp3) is 0.462. The average molecular weight is 216 g/mol. The normalized spacial score (nSPS) is 27.9. The highest BCUT2D eigenvalue weighted by Crippen LogP contribution is 2.31. The second-order valence-corrected chi connectivity index (χ2v) is 4.48. The van der Waals surface area contributed by atoms with Crippen LogP contribution in [0, 0.1) is 5.92 Å². The lowest BCUT2D eigenvalue weighted by molar-refractivity contribution is 0.133. The number of nitrogens with zero attached hydrogens (tertiary/aromatic N) is 1. The van der Waals surface area contributed by atoms with Crippen LogP contribution in [0.2, 0.25) is 0 Å². The van der Waals surface area contributed by atoms with E-state index in [1.54, 1.807) is 0 Å². The Balaban J connectivity index is 1.68. The molecular formula is C13H16N2O. The van der Waals surface area contributed by atoms with Gasteiger partial charge in [-0.15, -0.1) is 0 Å². The summed E-state index contributed by atoms with van der Waals surface area (Å²) in [5, 5.41) is 3.22. The van der Waals surface area contributed by atoms with Gasteiger partial charge >= 0.3 is 0 Å². The summed E-state index contributed by atoms with van der Waals surface area (Å²) in [6, 6.07) is 10.7. The van der Waals surface area contributed by atoms with Gasteiger partial charge in [-0.2, -0.15) is 0 Å².